The summed E-state index contributed by atoms with van der Waals surface area (Å²) >= 11 is 7.79. The molecule has 0 amide bonds. The van der Waals surface area contributed by atoms with E-state index in [9.17, 15) is 49.8 Å². The Bertz CT molecular complexity index is 3400. The third-order valence-corrected chi connectivity index (χ3v) is 19.8. The largest absolute Gasteiger partial charge is 0.501 e. The van der Waals surface area contributed by atoms with Crippen LogP contribution in [0.2, 0.25) is 5.02 Å². The van der Waals surface area contributed by atoms with E-state index >= 15 is 0 Å². The van der Waals surface area contributed by atoms with Crippen LogP contribution in [0.25, 0.3) is 22.4 Å². The summed E-state index contributed by atoms with van der Waals surface area (Å²) < 4.78 is 108. The molecule has 0 unspecified atom stereocenters. The number of esters is 1. The summed E-state index contributed by atoms with van der Waals surface area (Å²) in [4.78, 5) is 31.6. The number of ether oxygens (including phenoxy) is 1. The monoisotopic (exact) mass is 1190 g/mol. The second-order valence-corrected chi connectivity index (χ2v) is 25.9. The number of aromatic nitrogens is 1. The van der Waals surface area contributed by atoms with E-state index in [0.29, 0.717) is 120 Å². The molecular formula is C59H66ClF3N6O9S3. The first kappa shape index (κ1) is 59.4. The Kier molecular flexibility index (Phi) is 18.7. The van der Waals surface area contributed by atoms with E-state index in [1.54, 1.807) is 12.1 Å². The molecule has 432 valence electrons. The predicted octanol–water partition coefficient (Wildman–Crippen LogP) is 11.4. The number of likely N-dealkylation sites (tertiary alicyclic amines) is 1. The first-order chi connectivity index (χ1) is 38.7. The molecule has 9 rings (SSSR count). The van der Waals surface area contributed by atoms with Gasteiger partial charge in [0.2, 0.25) is 0 Å². The van der Waals surface area contributed by atoms with Crippen molar-refractivity contribution in [1.29, 1.82) is 0 Å². The highest BCUT2D eigenvalue weighted by Gasteiger charge is 2.48. The number of piperazine rings is 1. The Morgan fingerprint density at radius 2 is 1.43 bits per heavy atom. The second kappa shape index (κ2) is 25.5. The van der Waals surface area contributed by atoms with Crippen LogP contribution in [0.5, 0.6) is 0 Å². The van der Waals surface area contributed by atoms with Gasteiger partial charge in [0.1, 0.15) is 11.0 Å². The zero-order valence-corrected chi connectivity index (χ0v) is 48.2. The number of halogens is 4. The van der Waals surface area contributed by atoms with Crippen LogP contribution in [-0.4, -0.2) is 124 Å². The smallest absolute Gasteiger partial charge is 0.481 e. The average molecular weight is 1190 g/mol. The fraction of sp³-hybridized carbons (Fsp3) is 0.390. The van der Waals surface area contributed by atoms with Gasteiger partial charge in [-0.15, -0.1) is 11.8 Å². The van der Waals surface area contributed by atoms with Gasteiger partial charge in [0.25, 0.3) is 19.9 Å². The molecule has 1 aliphatic carbocycles. The Morgan fingerprint density at radius 1 is 0.778 bits per heavy atom. The molecule has 22 heteroatoms. The predicted molar refractivity (Wildman–Crippen MR) is 312 cm³/mol. The number of sulfone groups is 1. The van der Waals surface area contributed by atoms with Crippen molar-refractivity contribution in [2.24, 2.45) is 5.92 Å². The van der Waals surface area contributed by atoms with Gasteiger partial charge in [0.05, 0.1) is 33.9 Å². The molecular weight excluding hydrogens is 1130 g/mol. The van der Waals surface area contributed by atoms with Crippen LogP contribution in [0.15, 0.2) is 136 Å². The van der Waals surface area contributed by atoms with E-state index in [2.05, 4.69) is 35.4 Å². The SMILES string of the molecule is CCn1c(C)c(C(=O)OC2CCC(C(=O)O)CC2)c(-c2cccc(N3CCN(c4ccc(NS(=O)(=O)c5ccc(N[C@H](CCN6CCC(O)CC6)CSc6ccccc6)c(S(=O)(=O)C(F)(F)F)c5)cc4)CC3)c2)c1-c1ccc(Cl)cc1. The minimum absolute atomic E-state index is 0.110. The lowest BCUT2D eigenvalue weighted by Crippen LogP contribution is -2.46. The Hall–Kier alpha value is -6.23. The van der Waals surface area contributed by atoms with Crippen molar-refractivity contribution in [3.05, 3.63) is 138 Å². The number of carbonyl (C=O) groups is 2. The van der Waals surface area contributed by atoms with Crippen molar-refractivity contribution in [1.82, 2.24) is 9.47 Å². The van der Waals surface area contributed by atoms with Gasteiger partial charge in [-0.25, -0.2) is 21.6 Å². The normalized spacial score (nSPS) is 18.1. The van der Waals surface area contributed by atoms with Crippen molar-refractivity contribution in [3.63, 3.8) is 0 Å². The average Bonchev–Trinajstić information content (AvgIpc) is 3.53. The Balaban J connectivity index is 0.895. The van der Waals surface area contributed by atoms with Gasteiger partial charge in [-0.2, -0.15) is 13.2 Å². The molecule has 0 bridgehead atoms. The standard InChI is InChI=1S/C59H66ClF3N6O9S3/c1-3-69-39(2)54(58(73)78-49-22-14-41(15-23-49)57(71)72)55(56(69)40-12-16-43(60)17-13-40)42-8-7-9-47(36-42)68-34-32-67(33-35-68)46-20-18-44(19-21-46)65-81(76,77)51-24-25-52(53(37-51)80(74,75)59(61,62)63)64-45(38-79-50-10-5-4-6-11-50)26-29-66-30-27-48(70)28-31-66/h4-13,16-21,24-25,36-37,41,45,48-49,64-65,70H,3,14-15,22-23,26-35,38H2,1-2H3,(H,71,72)/t41?,45-,49?/m1/s1. The number of benzene rings is 5. The maximum absolute atomic E-state index is 14.4. The van der Waals surface area contributed by atoms with Crippen molar-refractivity contribution >= 4 is 77.9 Å². The molecule has 1 aromatic heterocycles. The number of aliphatic carboxylic acids is 1. The summed E-state index contributed by atoms with van der Waals surface area (Å²) in [6.45, 7) is 8.70. The van der Waals surface area contributed by atoms with Gasteiger partial charge in [-0.3, -0.25) is 9.52 Å². The molecule has 0 radical (unpaired) electrons. The van der Waals surface area contributed by atoms with Crippen molar-refractivity contribution in [3.8, 4) is 22.4 Å². The summed E-state index contributed by atoms with van der Waals surface area (Å²) in [6, 6.07) is 33.6. The van der Waals surface area contributed by atoms with Crippen molar-refractivity contribution < 1.29 is 54.5 Å². The number of piperidine rings is 1. The first-order valence-corrected chi connectivity index (χ1v) is 31.5. The summed E-state index contributed by atoms with van der Waals surface area (Å²) in [5.74, 6) is -1.39. The molecule has 81 heavy (non-hydrogen) atoms. The Labute approximate surface area is 480 Å². The summed E-state index contributed by atoms with van der Waals surface area (Å²) in [5, 5.41) is 23.2. The van der Waals surface area contributed by atoms with Crippen molar-refractivity contribution in [2.75, 3.05) is 71.4 Å². The van der Waals surface area contributed by atoms with Crippen LogP contribution in [0.1, 0.15) is 67.9 Å². The zero-order chi connectivity index (χ0) is 57.6. The van der Waals surface area contributed by atoms with E-state index in [1.807, 2.05) is 86.6 Å². The number of nitrogens with zero attached hydrogens (tertiary/aromatic N) is 4. The lowest BCUT2D eigenvalue weighted by Gasteiger charge is -2.37. The molecule has 3 heterocycles. The summed E-state index contributed by atoms with van der Waals surface area (Å²) in [7, 11) is -10.7. The molecule has 0 spiro atoms. The number of carbonyl (C=O) groups excluding carboxylic acids is 1. The number of sulfonamides is 1. The fourth-order valence-corrected chi connectivity index (χ4v) is 14.2. The highest BCUT2D eigenvalue weighted by Crippen LogP contribution is 2.43. The molecule has 3 fully saturated rings. The van der Waals surface area contributed by atoms with E-state index in [-0.39, 0.29) is 11.4 Å². The zero-order valence-electron chi connectivity index (χ0n) is 44.9. The molecule has 2 aliphatic heterocycles. The van der Waals surface area contributed by atoms with Crippen molar-refractivity contribution in [2.45, 2.75) is 104 Å². The third-order valence-electron chi connectivity index (χ3n) is 15.5. The minimum Gasteiger partial charge on any atom is -0.481 e. The van der Waals surface area contributed by atoms with Crippen LogP contribution >= 0.6 is 23.4 Å². The van der Waals surface area contributed by atoms with E-state index < -0.39 is 71.3 Å². The number of nitrogens with one attached hydrogen (secondary N) is 2. The van der Waals surface area contributed by atoms with Gasteiger partial charge < -0.3 is 39.5 Å². The quantitative estimate of drug-likeness (QED) is 0.0417. The molecule has 4 N–H and O–H groups in total. The lowest BCUT2D eigenvalue weighted by atomic mass is 9.87. The lowest BCUT2D eigenvalue weighted by molar-refractivity contribution is -0.143. The van der Waals surface area contributed by atoms with Crippen LogP contribution in [-0.2, 0) is 35.9 Å². The minimum atomic E-state index is -6.04. The Morgan fingerprint density at radius 3 is 2.06 bits per heavy atom. The molecule has 3 aliphatic rings. The van der Waals surface area contributed by atoms with Gasteiger partial charge in [0.15, 0.2) is 0 Å². The van der Waals surface area contributed by atoms with E-state index in [0.717, 1.165) is 56.5 Å². The van der Waals surface area contributed by atoms with E-state index in [4.69, 9.17) is 16.3 Å². The number of thioether (sulfide) groups is 1. The molecule has 15 nitrogen and oxygen atoms in total. The van der Waals surface area contributed by atoms with Crippen LogP contribution in [0.3, 0.4) is 0 Å². The topological polar surface area (TPSA) is 191 Å². The highest BCUT2D eigenvalue weighted by atomic mass is 35.5. The number of anilines is 4. The van der Waals surface area contributed by atoms with Gasteiger partial charge in [-0.05, 0) is 149 Å². The van der Waals surface area contributed by atoms with Gasteiger partial charge >= 0.3 is 17.4 Å². The first-order valence-electron chi connectivity index (χ1n) is 27.1. The highest BCUT2D eigenvalue weighted by molar-refractivity contribution is 7.99. The number of aliphatic hydroxyl groups excluding tert-OH is 1. The number of carboxylic acids is 1. The summed E-state index contributed by atoms with van der Waals surface area (Å²) in [5.41, 5.74) is 0.157. The van der Waals surface area contributed by atoms with Gasteiger partial charge in [0, 0.05) is 102 Å². The summed E-state index contributed by atoms with van der Waals surface area (Å²) in [6.07, 6.45) is 2.61. The van der Waals surface area contributed by atoms with Crippen LogP contribution in [0, 0.1) is 12.8 Å². The second-order valence-electron chi connectivity index (χ2n) is 20.8. The van der Waals surface area contributed by atoms with Crippen LogP contribution in [0.4, 0.5) is 35.9 Å². The fourth-order valence-electron chi connectivity index (χ4n) is 11.0. The third kappa shape index (κ3) is 14.0. The maximum atomic E-state index is 14.4. The number of hydrogen-bond acceptors (Lipinski definition) is 13. The molecule has 1 saturated carbocycles. The molecule has 1 atom stereocenters. The molecule has 6 aromatic rings. The molecule has 5 aromatic carbocycles. The maximum Gasteiger partial charge on any atom is 0.501 e. The molecule has 2 saturated heterocycles. The number of alkyl halides is 3. The number of aliphatic hydroxyl groups is 1. The number of rotatable bonds is 20. The van der Waals surface area contributed by atoms with E-state index in [1.165, 1.54) is 23.9 Å². The number of hydrogen-bond donors (Lipinski definition) is 4. The number of carboxylic acid groups (broad SMARTS) is 1. The van der Waals surface area contributed by atoms with Gasteiger partial charge in [-0.1, -0.05) is 54.1 Å². The van der Waals surface area contributed by atoms with Crippen LogP contribution < -0.4 is 19.8 Å².